The van der Waals surface area contributed by atoms with Crippen molar-refractivity contribution in [1.82, 2.24) is 10.2 Å². The molecular formula is C17H16ClN5O. The number of anilines is 1. The van der Waals surface area contributed by atoms with Gasteiger partial charge in [0.15, 0.2) is 0 Å². The molecule has 122 valence electrons. The molecular weight excluding hydrogens is 326 g/mol. The summed E-state index contributed by atoms with van der Waals surface area (Å²) in [4.78, 5) is 18.0. The lowest BCUT2D eigenvalue weighted by Crippen LogP contribution is -2.35. The maximum Gasteiger partial charge on any atom is 0.285 e. The topological polar surface area (TPSA) is 87.4 Å². The Morgan fingerprint density at radius 3 is 3.21 bits per heavy atom. The smallest absolute Gasteiger partial charge is 0.285 e. The molecule has 0 saturated heterocycles. The summed E-state index contributed by atoms with van der Waals surface area (Å²) in [7, 11) is 0. The molecule has 2 aliphatic rings. The summed E-state index contributed by atoms with van der Waals surface area (Å²) >= 11 is 6.09. The van der Waals surface area contributed by atoms with Crippen LogP contribution in [0.4, 0.5) is 5.69 Å². The van der Waals surface area contributed by atoms with E-state index >= 15 is 0 Å². The zero-order valence-electron chi connectivity index (χ0n) is 12.9. The molecule has 0 radical (unpaired) electrons. The fourth-order valence-corrected chi connectivity index (χ4v) is 2.62. The van der Waals surface area contributed by atoms with Gasteiger partial charge in [-0.1, -0.05) is 23.8 Å². The number of H-pyrrole nitrogens is 1. The number of hydrogen-bond acceptors (Lipinski definition) is 5. The van der Waals surface area contributed by atoms with Crippen LogP contribution < -0.4 is 16.2 Å². The molecule has 0 saturated carbocycles. The van der Waals surface area contributed by atoms with Gasteiger partial charge in [0.2, 0.25) is 0 Å². The van der Waals surface area contributed by atoms with E-state index in [9.17, 15) is 4.79 Å². The first-order chi connectivity index (χ1) is 11.6. The number of nitrogens with one attached hydrogen (secondary N) is 1. The monoisotopic (exact) mass is 341 g/mol. The second-order valence-corrected chi connectivity index (χ2v) is 5.71. The molecule has 0 bridgehead atoms. The number of aromatic nitrogens is 2. The van der Waals surface area contributed by atoms with Gasteiger partial charge < -0.3 is 10.6 Å². The number of aliphatic imine (C=N–C) groups is 1. The fraction of sp³-hybridized carbons (Fsp3) is 0.176. The molecule has 3 N–H and O–H groups in total. The van der Waals surface area contributed by atoms with Crippen molar-refractivity contribution >= 4 is 23.5 Å². The number of nitrogens with two attached hydrogens (primary N) is 1. The normalized spacial score (nSPS) is 17.5. The molecule has 3 rings (SSSR count). The number of aromatic amines is 1. The number of rotatable bonds is 3. The minimum atomic E-state index is -0.403. The standard InChI is InChI=1S/C17H16ClN5O/c18-16-15(10-21-22-17(16)24)23-8-7-14(19)12(11-23)9-20-13-5-3-1-2-4-6-13/h1-3,5-6,9-10H,7-8,11,19H2,(H,22,24). The highest BCUT2D eigenvalue weighted by molar-refractivity contribution is 6.33. The first-order valence-electron chi connectivity index (χ1n) is 7.44. The Bertz CT molecular complexity index is 884. The molecule has 1 aliphatic carbocycles. The average Bonchev–Trinajstić information content (AvgIpc) is 2.86. The van der Waals surface area contributed by atoms with Crippen molar-refractivity contribution in [2.75, 3.05) is 18.0 Å². The van der Waals surface area contributed by atoms with Crippen LogP contribution in [0.25, 0.3) is 0 Å². The van der Waals surface area contributed by atoms with Crippen molar-refractivity contribution in [1.29, 1.82) is 0 Å². The predicted molar refractivity (Wildman–Crippen MR) is 96.3 cm³/mol. The third kappa shape index (κ3) is 3.56. The van der Waals surface area contributed by atoms with Crippen LogP contribution in [0, 0.1) is 0 Å². The van der Waals surface area contributed by atoms with Crippen LogP contribution in [0.1, 0.15) is 6.42 Å². The van der Waals surface area contributed by atoms with Crippen LogP contribution in [0.3, 0.4) is 0 Å². The first-order valence-corrected chi connectivity index (χ1v) is 7.82. The highest BCUT2D eigenvalue weighted by Gasteiger charge is 2.20. The molecule has 0 atom stereocenters. The molecule has 1 aliphatic heterocycles. The average molecular weight is 342 g/mol. The van der Waals surface area contributed by atoms with Gasteiger partial charge in [-0.05, 0) is 12.2 Å². The Hall–Kier alpha value is -2.82. The molecule has 1 aromatic rings. The quantitative estimate of drug-likeness (QED) is 0.651. The SMILES string of the molecule is NC1=C(C=NC2=CC=CC=C=C2)CN(c2cn[nH]c(=O)c2Cl)CC1. The summed E-state index contributed by atoms with van der Waals surface area (Å²) in [5, 5.41) is 6.27. The molecule has 0 unspecified atom stereocenters. The van der Waals surface area contributed by atoms with E-state index in [2.05, 4.69) is 20.9 Å². The lowest BCUT2D eigenvalue weighted by atomic mass is 10.1. The second-order valence-electron chi connectivity index (χ2n) is 5.33. The third-order valence-electron chi connectivity index (χ3n) is 3.71. The Kier molecular flexibility index (Phi) is 4.79. The first kappa shape index (κ1) is 16.1. The van der Waals surface area contributed by atoms with Gasteiger partial charge in [-0.15, -0.1) is 5.73 Å². The summed E-state index contributed by atoms with van der Waals surface area (Å²) in [6.45, 7) is 1.19. The van der Waals surface area contributed by atoms with Crippen LogP contribution in [0.5, 0.6) is 0 Å². The van der Waals surface area contributed by atoms with Gasteiger partial charge in [-0.2, -0.15) is 5.10 Å². The molecule has 24 heavy (non-hydrogen) atoms. The molecule has 0 aromatic carbocycles. The summed E-state index contributed by atoms with van der Waals surface area (Å²) in [5.74, 6) is 0. The summed E-state index contributed by atoms with van der Waals surface area (Å²) in [6.07, 6.45) is 13.3. The maximum atomic E-state index is 11.6. The molecule has 0 fully saturated rings. The molecule has 1 aromatic heterocycles. The lowest BCUT2D eigenvalue weighted by molar-refractivity contribution is 0.762. The van der Waals surface area contributed by atoms with E-state index in [0.717, 1.165) is 17.0 Å². The van der Waals surface area contributed by atoms with Crippen molar-refractivity contribution in [3.63, 3.8) is 0 Å². The Labute approximate surface area is 144 Å². The van der Waals surface area contributed by atoms with Gasteiger partial charge in [-0.25, -0.2) is 5.10 Å². The van der Waals surface area contributed by atoms with Gasteiger partial charge in [0.05, 0.1) is 17.6 Å². The van der Waals surface area contributed by atoms with Crippen molar-refractivity contribution in [3.05, 3.63) is 74.7 Å². The lowest BCUT2D eigenvalue weighted by Gasteiger charge is -2.30. The van der Waals surface area contributed by atoms with Crippen molar-refractivity contribution in [3.8, 4) is 0 Å². The van der Waals surface area contributed by atoms with Gasteiger partial charge in [0.1, 0.15) is 5.02 Å². The van der Waals surface area contributed by atoms with Crippen LogP contribution in [-0.2, 0) is 0 Å². The summed E-state index contributed by atoms with van der Waals surface area (Å²) in [5.41, 5.74) is 11.8. The van der Waals surface area contributed by atoms with Crippen molar-refractivity contribution < 1.29 is 0 Å². The maximum absolute atomic E-state index is 11.6. The number of nitrogens with zero attached hydrogens (tertiary/aromatic N) is 3. The third-order valence-corrected chi connectivity index (χ3v) is 4.08. The molecule has 2 heterocycles. The Morgan fingerprint density at radius 2 is 2.33 bits per heavy atom. The molecule has 0 amide bonds. The predicted octanol–water partition coefficient (Wildman–Crippen LogP) is 2.08. The van der Waals surface area contributed by atoms with Gasteiger partial charge in [-0.3, -0.25) is 9.79 Å². The van der Waals surface area contributed by atoms with Crippen LogP contribution in [0.15, 0.2) is 69.1 Å². The van der Waals surface area contributed by atoms with E-state index in [0.29, 0.717) is 25.2 Å². The number of allylic oxidation sites excluding steroid dienone is 4. The van der Waals surface area contributed by atoms with Gasteiger partial charge in [0, 0.05) is 43.1 Å². The summed E-state index contributed by atoms with van der Waals surface area (Å²) in [6, 6.07) is 0. The second kappa shape index (κ2) is 7.17. The zero-order valence-corrected chi connectivity index (χ0v) is 13.6. The molecule has 7 heteroatoms. The van der Waals surface area contributed by atoms with Crippen LogP contribution in [-0.4, -0.2) is 29.5 Å². The van der Waals surface area contributed by atoms with Crippen molar-refractivity contribution in [2.45, 2.75) is 6.42 Å². The van der Waals surface area contributed by atoms with E-state index in [-0.39, 0.29) is 5.02 Å². The Balaban J connectivity index is 1.82. The minimum absolute atomic E-state index is 0.131. The minimum Gasteiger partial charge on any atom is -0.402 e. The van der Waals surface area contributed by atoms with Crippen LogP contribution in [0.2, 0.25) is 5.02 Å². The molecule has 0 spiro atoms. The highest BCUT2D eigenvalue weighted by atomic mass is 35.5. The van der Waals surface area contributed by atoms with Gasteiger partial charge in [0.25, 0.3) is 5.56 Å². The van der Waals surface area contributed by atoms with E-state index in [1.807, 2.05) is 29.2 Å². The highest BCUT2D eigenvalue weighted by Crippen LogP contribution is 2.25. The fourth-order valence-electron chi connectivity index (χ4n) is 2.41. The van der Waals surface area contributed by atoms with E-state index in [1.165, 1.54) is 0 Å². The van der Waals surface area contributed by atoms with E-state index in [1.54, 1.807) is 18.5 Å². The number of halogens is 1. The largest absolute Gasteiger partial charge is 0.402 e. The zero-order chi connectivity index (χ0) is 16.9. The Morgan fingerprint density at radius 1 is 1.46 bits per heavy atom. The van der Waals surface area contributed by atoms with E-state index < -0.39 is 5.56 Å². The number of hydrogen-bond donors (Lipinski definition) is 2. The van der Waals surface area contributed by atoms with E-state index in [4.69, 9.17) is 17.3 Å². The summed E-state index contributed by atoms with van der Waals surface area (Å²) < 4.78 is 0. The van der Waals surface area contributed by atoms with Crippen LogP contribution >= 0.6 is 11.6 Å². The molecule has 6 nitrogen and oxygen atoms in total. The van der Waals surface area contributed by atoms with Gasteiger partial charge >= 0.3 is 0 Å². The van der Waals surface area contributed by atoms with Crippen molar-refractivity contribution in [2.24, 2.45) is 10.7 Å².